The normalized spacial score (nSPS) is 17.0. The summed E-state index contributed by atoms with van der Waals surface area (Å²) in [6.07, 6.45) is 1.24. The Kier molecular flexibility index (Phi) is 5.34. The standard InChI is InChI=1S/C20H22ClFN6O3/c1-20(2,22)10-26-5-6-28(19(26)30)14-4-3-12(9-13(14)21)27-7-8-31-17-15(18(27)29)16(23)24-11-25-17/h3-4,9,11H,5-8,10H2,1-2H3,(H2,23,24,25). The van der Waals surface area contributed by atoms with Crippen LogP contribution in [-0.4, -0.2) is 65.3 Å². The molecule has 1 aromatic heterocycles. The molecule has 3 amide bonds. The van der Waals surface area contributed by atoms with Crippen molar-refractivity contribution in [3.63, 3.8) is 0 Å². The van der Waals surface area contributed by atoms with Crippen molar-refractivity contribution in [3.8, 4) is 5.88 Å². The van der Waals surface area contributed by atoms with Crippen LogP contribution in [0, 0.1) is 0 Å². The number of nitrogen functional groups attached to an aromatic ring is 1. The lowest BCUT2D eigenvalue weighted by Crippen LogP contribution is -2.39. The summed E-state index contributed by atoms with van der Waals surface area (Å²) in [4.78, 5) is 38.1. The second-order valence-electron chi connectivity index (χ2n) is 7.95. The van der Waals surface area contributed by atoms with Crippen LogP contribution in [0.25, 0.3) is 0 Å². The summed E-state index contributed by atoms with van der Waals surface area (Å²) in [7, 11) is 0. The maximum atomic E-state index is 14.0. The summed E-state index contributed by atoms with van der Waals surface area (Å²) in [5.74, 6) is -0.229. The zero-order valence-corrected chi connectivity index (χ0v) is 17.9. The Morgan fingerprint density at radius 2 is 1.97 bits per heavy atom. The molecule has 31 heavy (non-hydrogen) atoms. The van der Waals surface area contributed by atoms with Crippen LogP contribution in [0.15, 0.2) is 24.5 Å². The number of aromatic nitrogens is 2. The number of nitrogens with two attached hydrogens (primary N) is 1. The van der Waals surface area contributed by atoms with Crippen molar-refractivity contribution in [2.45, 2.75) is 19.5 Å². The third kappa shape index (κ3) is 4.07. The van der Waals surface area contributed by atoms with Gasteiger partial charge >= 0.3 is 6.03 Å². The maximum Gasteiger partial charge on any atom is 0.324 e. The number of hydrogen-bond acceptors (Lipinski definition) is 6. The molecule has 9 nitrogen and oxygen atoms in total. The number of ether oxygens (including phenoxy) is 1. The fraction of sp³-hybridized carbons (Fsp3) is 0.400. The average molecular weight is 449 g/mol. The zero-order valence-electron chi connectivity index (χ0n) is 17.1. The van der Waals surface area contributed by atoms with Gasteiger partial charge in [0.1, 0.15) is 30.0 Å². The number of nitrogens with zero attached hydrogens (tertiary/aromatic N) is 5. The van der Waals surface area contributed by atoms with E-state index < -0.39 is 11.6 Å². The van der Waals surface area contributed by atoms with Crippen LogP contribution in [0.3, 0.4) is 0 Å². The van der Waals surface area contributed by atoms with Crippen molar-refractivity contribution >= 4 is 40.7 Å². The summed E-state index contributed by atoms with van der Waals surface area (Å²) in [6.45, 7) is 4.14. The predicted octanol–water partition coefficient (Wildman–Crippen LogP) is 2.74. The quantitative estimate of drug-likeness (QED) is 0.771. The van der Waals surface area contributed by atoms with Crippen molar-refractivity contribution < 1.29 is 18.7 Å². The van der Waals surface area contributed by atoms with E-state index in [1.54, 1.807) is 18.2 Å². The van der Waals surface area contributed by atoms with E-state index in [0.29, 0.717) is 29.5 Å². The highest BCUT2D eigenvalue weighted by Crippen LogP contribution is 2.35. The molecular weight excluding hydrogens is 427 g/mol. The number of amides is 3. The second kappa shape index (κ2) is 7.84. The van der Waals surface area contributed by atoms with Crippen molar-refractivity contribution in [2.24, 2.45) is 0 Å². The van der Waals surface area contributed by atoms with E-state index in [4.69, 9.17) is 22.1 Å². The number of benzene rings is 1. The van der Waals surface area contributed by atoms with Crippen LogP contribution in [0.5, 0.6) is 5.88 Å². The minimum Gasteiger partial charge on any atom is -0.475 e. The molecular formula is C20H22ClFN6O3. The first-order chi connectivity index (χ1) is 14.7. The Hall–Kier alpha value is -3.14. The van der Waals surface area contributed by atoms with Gasteiger partial charge in [0.05, 0.1) is 23.8 Å². The van der Waals surface area contributed by atoms with Crippen molar-refractivity contribution in [1.82, 2.24) is 14.9 Å². The molecule has 1 fully saturated rings. The minimum atomic E-state index is -1.49. The topological polar surface area (TPSA) is 105 Å². The minimum absolute atomic E-state index is 0.00319. The third-order valence-corrected chi connectivity index (χ3v) is 5.35. The van der Waals surface area contributed by atoms with Crippen LogP contribution in [0.2, 0.25) is 5.02 Å². The molecule has 4 rings (SSSR count). The van der Waals surface area contributed by atoms with E-state index in [1.165, 1.54) is 34.9 Å². The van der Waals surface area contributed by atoms with Gasteiger partial charge in [0.2, 0.25) is 5.88 Å². The molecule has 11 heteroatoms. The third-order valence-electron chi connectivity index (χ3n) is 5.05. The maximum absolute atomic E-state index is 14.0. The molecule has 3 heterocycles. The van der Waals surface area contributed by atoms with E-state index in [9.17, 15) is 14.0 Å². The van der Waals surface area contributed by atoms with Gasteiger partial charge in [-0.15, -0.1) is 0 Å². The number of anilines is 3. The number of hydrogen-bond donors (Lipinski definition) is 1. The first kappa shape index (κ1) is 21.1. The van der Waals surface area contributed by atoms with E-state index in [0.717, 1.165) is 0 Å². The number of halogens is 2. The summed E-state index contributed by atoms with van der Waals surface area (Å²) in [6, 6.07) is 4.66. The molecule has 0 radical (unpaired) electrons. The van der Waals surface area contributed by atoms with Crippen LogP contribution in [0.1, 0.15) is 24.2 Å². The molecule has 2 N–H and O–H groups in total. The highest BCUT2D eigenvalue weighted by atomic mass is 35.5. The summed E-state index contributed by atoms with van der Waals surface area (Å²) in [5.41, 5.74) is 5.49. The van der Waals surface area contributed by atoms with Gasteiger partial charge in [0.25, 0.3) is 5.91 Å². The molecule has 2 aliphatic rings. The highest BCUT2D eigenvalue weighted by Gasteiger charge is 2.35. The summed E-state index contributed by atoms with van der Waals surface area (Å²) in [5, 5.41) is 0.294. The molecule has 0 saturated carbocycles. The van der Waals surface area contributed by atoms with Gasteiger partial charge < -0.3 is 20.3 Å². The van der Waals surface area contributed by atoms with Crippen LogP contribution in [0.4, 0.5) is 26.4 Å². The van der Waals surface area contributed by atoms with E-state index >= 15 is 0 Å². The van der Waals surface area contributed by atoms with Crippen LogP contribution >= 0.6 is 11.6 Å². The Morgan fingerprint density at radius 3 is 2.68 bits per heavy atom. The number of fused-ring (bicyclic) bond motifs is 1. The Bertz CT molecular complexity index is 1040. The van der Waals surface area contributed by atoms with Gasteiger partial charge in [-0.25, -0.2) is 19.2 Å². The monoisotopic (exact) mass is 448 g/mol. The fourth-order valence-corrected chi connectivity index (χ4v) is 3.98. The van der Waals surface area contributed by atoms with Crippen molar-refractivity contribution in [2.75, 3.05) is 48.3 Å². The molecule has 1 aromatic carbocycles. The lowest BCUT2D eigenvalue weighted by atomic mass is 10.1. The molecule has 0 spiro atoms. The number of rotatable bonds is 4. The molecule has 0 bridgehead atoms. The van der Waals surface area contributed by atoms with Crippen molar-refractivity contribution in [3.05, 3.63) is 35.1 Å². The van der Waals surface area contributed by atoms with Crippen molar-refractivity contribution in [1.29, 1.82) is 0 Å². The molecule has 0 aliphatic carbocycles. The molecule has 2 aromatic rings. The van der Waals surface area contributed by atoms with Gasteiger partial charge in [-0.2, -0.15) is 0 Å². The lowest BCUT2D eigenvalue weighted by Gasteiger charge is -2.25. The van der Waals surface area contributed by atoms with Crippen LogP contribution < -0.4 is 20.3 Å². The Labute approximate surface area is 183 Å². The highest BCUT2D eigenvalue weighted by molar-refractivity contribution is 6.34. The summed E-state index contributed by atoms with van der Waals surface area (Å²) >= 11 is 6.49. The zero-order chi connectivity index (χ0) is 22.3. The Morgan fingerprint density at radius 1 is 1.19 bits per heavy atom. The van der Waals surface area contributed by atoms with Gasteiger partial charge in [0.15, 0.2) is 0 Å². The molecule has 2 aliphatic heterocycles. The molecule has 0 unspecified atom stereocenters. The van der Waals surface area contributed by atoms with Gasteiger partial charge in [-0.3, -0.25) is 9.69 Å². The molecule has 0 atom stereocenters. The lowest BCUT2D eigenvalue weighted by molar-refractivity contribution is 0.0990. The first-order valence-electron chi connectivity index (χ1n) is 9.76. The number of alkyl halides is 1. The fourth-order valence-electron chi connectivity index (χ4n) is 3.70. The smallest absolute Gasteiger partial charge is 0.324 e. The molecule has 1 saturated heterocycles. The number of urea groups is 1. The SMILES string of the molecule is CC(C)(F)CN1CCN(c2ccc(N3CCOc4ncnc(N)c4C3=O)cc2Cl)C1=O. The van der Waals surface area contributed by atoms with Gasteiger partial charge in [-0.05, 0) is 32.0 Å². The van der Waals surface area contributed by atoms with Crippen LogP contribution in [-0.2, 0) is 0 Å². The summed E-state index contributed by atoms with van der Waals surface area (Å²) < 4.78 is 19.5. The largest absolute Gasteiger partial charge is 0.475 e. The van der Waals surface area contributed by atoms with E-state index in [-0.39, 0.29) is 43.0 Å². The second-order valence-corrected chi connectivity index (χ2v) is 8.36. The molecule has 164 valence electrons. The predicted molar refractivity (Wildman–Crippen MR) is 115 cm³/mol. The van der Waals surface area contributed by atoms with Gasteiger partial charge in [-0.1, -0.05) is 11.6 Å². The Balaban J connectivity index is 1.59. The van der Waals surface area contributed by atoms with Gasteiger partial charge in [0, 0.05) is 18.8 Å². The number of carbonyl (C=O) groups excluding carboxylic acids is 2. The average Bonchev–Trinajstić information content (AvgIpc) is 2.93. The van der Waals surface area contributed by atoms with E-state index in [1.807, 2.05) is 0 Å². The number of carbonyl (C=O) groups is 2. The first-order valence-corrected chi connectivity index (χ1v) is 10.1. The van der Waals surface area contributed by atoms with E-state index in [2.05, 4.69) is 9.97 Å².